The summed E-state index contributed by atoms with van der Waals surface area (Å²) in [5, 5.41) is 2.07. The Morgan fingerprint density at radius 1 is 1.23 bits per heavy atom. The molecule has 0 unspecified atom stereocenters. The third-order valence-corrected chi connectivity index (χ3v) is 7.61. The van der Waals surface area contributed by atoms with Gasteiger partial charge in [0.2, 0.25) is 0 Å². The number of ether oxygens (including phenoxy) is 3. The predicted molar refractivity (Wildman–Crippen MR) is 137 cm³/mol. The number of aromatic nitrogens is 2. The van der Waals surface area contributed by atoms with E-state index >= 15 is 0 Å². The van der Waals surface area contributed by atoms with Gasteiger partial charge in [-0.3, -0.25) is 9.36 Å². The minimum Gasteiger partial charge on any atom is -0.493 e. The van der Waals surface area contributed by atoms with Gasteiger partial charge in [-0.25, -0.2) is 4.98 Å². The monoisotopic (exact) mass is 495 g/mol. The second-order valence-corrected chi connectivity index (χ2v) is 11.2. The van der Waals surface area contributed by atoms with Gasteiger partial charge in [0.05, 0.1) is 43.3 Å². The fourth-order valence-electron chi connectivity index (χ4n) is 5.03. The summed E-state index contributed by atoms with van der Waals surface area (Å²) in [4.78, 5) is 22.1. The highest BCUT2D eigenvalue weighted by molar-refractivity contribution is 7.10. The van der Waals surface area contributed by atoms with Crippen molar-refractivity contribution in [1.82, 2.24) is 14.5 Å². The van der Waals surface area contributed by atoms with Crippen LogP contribution in [0.5, 0.6) is 11.5 Å². The number of methoxy groups -OCH3 is 1. The predicted octanol–water partition coefficient (Wildman–Crippen LogP) is 5.05. The van der Waals surface area contributed by atoms with Gasteiger partial charge >= 0.3 is 0 Å². The van der Waals surface area contributed by atoms with Gasteiger partial charge in [0, 0.05) is 23.1 Å². The summed E-state index contributed by atoms with van der Waals surface area (Å²) in [5.74, 6) is 2.19. The highest BCUT2D eigenvalue weighted by Gasteiger charge is 2.38. The fourth-order valence-corrected chi connectivity index (χ4v) is 5.73. The molecular weight excluding hydrogens is 462 g/mol. The van der Waals surface area contributed by atoms with E-state index in [4.69, 9.17) is 19.2 Å². The molecule has 1 amide bonds. The van der Waals surface area contributed by atoms with Crippen molar-refractivity contribution in [1.29, 1.82) is 0 Å². The van der Waals surface area contributed by atoms with Crippen LogP contribution in [0.25, 0.3) is 17.1 Å². The number of hydrogen-bond donors (Lipinski definition) is 0. The van der Waals surface area contributed by atoms with Gasteiger partial charge in [0.25, 0.3) is 5.91 Å². The zero-order chi connectivity index (χ0) is 24.9. The largest absolute Gasteiger partial charge is 0.493 e. The van der Waals surface area contributed by atoms with E-state index in [1.54, 1.807) is 18.4 Å². The summed E-state index contributed by atoms with van der Waals surface area (Å²) >= 11 is 1.68. The molecule has 1 saturated heterocycles. The molecule has 0 aliphatic carbocycles. The van der Waals surface area contributed by atoms with E-state index in [0.29, 0.717) is 31.2 Å². The summed E-state index contributed by atoms with van der Waals surface area (Å²) < 4.78 is 19.6. The molecule has 7 nitrogen and oxygen atoms in total. The van der Waals surface area contributed by atoms with Gasteiger partial charge in [-0.2, -0.15) is 0 Å². The van der Waals surface area contributed by atoms with Gasteiger partial charge < -0.3 is 19.1 Å². The number of fused-ring (bicyclic) bond motifs is 3. The number of carbonyl (C=O) groups is 1. The van der Waals surface area contributed by atoms with Crippen molar-refractivity contribution in [2.45, 2.75) is 59.1 Å². The molecule has 0 atom stereocenters. The average Bonchev–Trinajstić information content (AvgIpc) is 3.40. The van der Waals surface area contributed by atoms with Crippen LogP contribution in [0.1, 0.15) is 54.3 Å². The fraction of sp³-hybridized carbons (Fsp3) is 0.481. The molecule has 35 heavy (non-hydrogen) atoms. The molecule has 4 heterocycles. The summed E-state index contributed by atoms with van der Waals surface area (Å²) in [6.07, 6.45) is 1.53. The first-order valence-electron chi connectivity index (χ1n) is 12.1. The topological polar surface area (TPSA) is 65.8 Å². The minimum atomic E-state index is -0.386. The Labute approximate surface area is 210 Å². The van der Waals surface area contributed by atoms with Crippen LogP contribution in [0.3, 0.4) is 0 Å². The van der Waals surface area contributed by atoms with Crippen LogP contribution >= 0.6 is 11.3 Å². The molecule has 2 aliphatic rings. The maximum absolute atomic E-state index is 13.9. The summed E-state index contributed by atoms with van der Waals surface area (Å²) in [6, 6.07) is 6.19. The Morgan fingerprint density at radius 3 is 2.69 bits per heavy atom. The van der Waals surface area contributed by atoms with Crippen molar-refractivity contribution in [2.75, 3.05) is 26.9 Å². The quantitative estimate of drug-likeness (QED) is 0.495. The number of aryl methyl sites for hydroxylation is 2. The number of amides is 1. The molecule has 8 heteroatoms. The number of benzene rings is 1. The van der Waals surface area contributed by atoms with Gasteiger partial charge in [0.1, 0.15) is 5.82 Å². The second kappa shape index (κ2) is 8.99. The summed E-state index contributed by atoms with van der Waals surface area (Å²) in [6.45, 7) is 11.8. The molecule has 5 rings (SSSR count). The first-order chi connectivity index (χ1) is 16.7. The number of carbonyl (C=O) groups excluding carboxylic acids is 1. The van der Waals surface area contributed by atoms with E-state index in [2.05, 4.69) is 29.0 Å². The molecule has 0 N–H and O–H groups in total. The van der Waals surface area contributed by atoms with Crippen LogP contribution in [0, 0.1) is 6.92 Å². The Hall–Kier alpha value is -2.84. The van der Waals surface area contributed by atoms with Crippen molar-refractivity contribution in [2.24, 2.45) is 0 Å². The first kappa shape index (κ1) is 23.9. The maximum atomic E-state index is 13.9. The Kier molecular flexibility index (Phi) is 6.13. The van der Waals surface area contributed by atoms with E-state index in [0.717, 1.165) is 46.9 Å². The van der Waals surface area contributed by atoms with Crippen molar-refractivity contribution >= 4 is 17.2 Å². The van der Waals surface area contributed by atoms with Crippen LogP contribution in [0.15, 0.2) is 23.6 Å². The SMILES string of the molecule is COc1cc2c(cc1OC(C)C)-n1c(-c3ccsc3C)nc(C(=O)N3CCOCC3(C)C)c1CC2. The zero-order valence-corrected chi connectivity index (χ0v) is 22.1. The van der Waals surface area contributed by atoms with Crippen LogP contribution in [-0.2, 0) is 17.6 Å². The normalized spacial score (nSPS) is 16.7. The number of hydrogen-bond acceptors (Lipinski definition) is 6. The standard InChI is InChI=1S/C27H33N3O4S/c1-16(2)34-23-14-21-18(13-22(23)32-6)7-8-20-24(26(31)29-10-11-33-15-27(29,4)5)28-25(30(20)21)19-9-12-35-17(19)3/h9,12-14,16H,7-8,10-11,15H2,1-6H3. The lowest BCUT2D eigenvalue weighted by atomic mass is 9.98. The Morgan fingerprint density at radius 2 is 2.03 bits per heavy atom. The third-order valence-electron chi connectivity index (χ3n) is 6.77. The highest BCUT2D eigenvalue weighted by Crippen LogP contribution is 2.41. The highest BCUT2D eigenvalue weighted by atomic mass is 32.1. The number of rotatable bonds is 5. The van der Waals surface area contributed by atoms with E-state index in [-0.39, 0.29) is 17.6 Å². The lowest BCUT2D eigenvalue weighted by molar-refractivity contribution is -0.0373. The van der Waals surface area contributed by atoms with Gasteiger partial charge in [-0.1, -0.05) is 0 Å². The van der Waals surface area contributed by atoms with Crippen LogP contribution in [0.2, 0.25) is 0 Å². The van der Waals surface area contributed by atoms with E-state index < -0.39 is 0 Å². The van der Waals surface area contributed by atoms with Crippen LogP contribution < -0.4 is 9.47 Å². The smallest absolute Gasteiger partial charge is 0.274 e. The van der Waals surface area contributed by atoms with Crippen LogP contribution in [0.4, 0.5) is 0 Å². The average molecular weight is 496 g/mol. The minimum absolute atomic E-state index is 0.00655. The van der Waals surface area contributed by atoms with E-state index in [1.165, 1.54) is 4.88 Å². The molecule has 0 spiro atoms. The van der Waals surface area contributed by atoms with Gasteiger partial charge in [-0.15, -0.1) is 11.3 Å². The Bertz CT molecular complexity index is 1270. The molecule has 0 radical (unpaired) electrons. The number of thiophene rings is 1. The number of morpholine rings is 1. The van der Waals surface area contributed by atoms with Crippen molar-refractivity contribution in [3.63, 3.8) is 0 Å². The molecule has 0 saturated carbocycles. The van der Waals surface area contributed by atoms with Crippen molar-refractivity contribution in [3.05, 3.63) is 45.4 Å². The molecular formula is C27H33N3O4S. The molecule has 3 aromatic rings. The number of imidazole rings is 1. The number of nitrogens with zero attached hydrogens (tertiary/aromatic N) is 3. The van der Waals surface area contributed by atoms with Gasteiger partial charge in [-0.05, 0) is 70.5 Å². The van der Waals surface area contributed by atoms with Gasteiger partial charge in [0.15, 0.2) is 17.2 Å². The van der Waals surface area contributed by atoms with E-state index in [9.17, 15) is 4.79 Å². The summed E-state index contributed by atoms with van der Waals surface area (Å²) in [7, 11) is 1.67. The first-order valence-corrected chi connectivity index (χ1v) is 13.0. The third kappa shape index (κ3) is 4.12. The second-order valence-electron chi connectivity index (χ2n) is 10.1. The molecule has 2 aliphatic heterocycles. The lowest BCUT2D eigenvalue weighted by Gasteiger charge is -2.41. The molecule has 2 aromatic heterocycles. The van der Waals surface area contributed by atoms with Crippen molar-refractivity contribution < 1.29 is 19.0 Å². The maximum Gasteiger partial charge on any atom is 0.274 e. The lowest BCUT2D eigenvalue weighted by Crippen LogP contribution is -2.55. The molecule has 186 valence electrons. The Balaban J connectivity index is 1.71. The van der Waals surface area contributed by atoms with Crippen molar-refractivity contribution in [3.8, 4) is 28.6 Å². The van der Waals surface area contributed by atoms with E-state index in [1.807, 2.05) is 38.7 Å². The molecule has 1 aromatic carbocycles. The van der Waals surface area contributed by atoms with Crippen LogP contribution in [-0.4, -0.2) is 58.9 Å². The molecule has 1 fully saturated rings. The molecule has 0 bridgehead atoms. The summed E-state index contributed by atoms with van der Waals surface area (Å²) in [5.41, 5.74) is 4.30. The zero-order valence-electron chi connectivity index (χ0n) is 21.3.